The molecule has 0 fully saturated rings. The molecular weight excluding hydrogens is 665 g/mol. The van der Waals surface area contributed by atoms with E-state index in [-0.39, 0.29) is 32.0 Å². The van der Waals surface area contributed by atoms with Crippen LogP contribution in [0.15, 0.2) is 12.2 Å². The fourth-order valence-corrected chi connectivity index (χ4v) is 6.44. The van der Waals surface area contributed by atoms with Crippen molar-refractivity contribution in [3.05, 3.63) is 12.2 Å². The van der Waals surface area contributed by atoms with Gasteiger partial charge >= 0.3 is 11.9 Å². The standard InChI is InChI=1S/C41H80NO8P/c1-6-8-10-12-14-16-18-20-22-23-25-27-29-31-33-40(43)47-37-39(38-49-51(45,46)48-36-35-42(3,4)5)50-41(44)34-32-30-28-26-24-21-19-17-15-13-11-9-7-2/h17,19,39H,6-16,18,20-38H2,1-5H3/b19-17+/t39-/m1/s1. The van der Waals surface area contributed by atoms with E-state index in [9.17, 15) is 19.0 Å². The number of unbranched alkanes of at least 4 members (excludes halogenated alkanes) is 22. The molecule has 9 nitrogen and oxygen atoms in total. The van der Waals surface area contributed by atoms with Crippen LogP contribution in [0.3, 0.4) is 0 Å². The third kappa shape index (κ3) is 38.3. The first kappa shape index (κ1) is 49.8. The molecule has 0 aliphatic rings. The zero-order valence-electron chi connectivity index (χ0n) is 33.8. The van der Waals surface area contributed by atoms with Crippen LogP contribution in [0.5, 0.6) is 0 Å². The van der Waals surface area contributed by atoms with Gasteiger partial charge in [0, 0.05) is 12.8 Å². The minimum absolute atomic E-state index is 0.0295. The molecule has 0 saturated carbocycles. The molecule has 302 valence electrons. The molecule has 0 aromatic carbocycles. The van der Waals surface area contributed by atoms with Crippen LogP contribution in [0, 0.1) is 0 Å². The molecule has 0 aromatic rings. The Morgan fingerprint density at radius 3 is 1.47 bits per heavy atom. The molecule has 2 atom stereocenters. The zero-order chi connectivity index (χ0) is 37.9. The van der Waals surface area contributed by atoms with Crippen molar-refractivity contribution in [2.45, 2.75) is 193 Å². The van der Waals surface area contributed by atoms with E-state index in [4.69, 9.17) is 18.5 Å². The van der Waals surface area contributed by atoms with Gasteiger partial charge < -0.3 is 27.9 Å². The molecule has 0 amide bonds. The predicted octanol–water partition coefficient (Wildman–Crippen LogP) is 10.8. The van der Waals surface area contributed by atoms with Gasteiger partial charge in [-0.1, -0.05) is 148 Å². The maximum Gasteiger partial charge on any atom is 0.306 e. The molecule has 0 rings (SSSR count). The third-order valence-corrected chi connectivity index (χ3v) is 10.00. The normalized spacial score (nSPS) is 13.8. The Bertz CT molecular complexity index is 891. The van der Waals surface area contributed by atoms with Crippen LogP contribution in [-0.4, -0.2) is 70.0 Å². The number of allylic oxidation sites excluding steroid dienone is 2. The quantitative estimate of drug-likeness (QED) is 0.0202. The van der Waals surface area contributed by atoms with Gasteiger partial charge in [0.25, 0.3) is 7.82 Å². The Balaban J connectivity index is 4.38. The number of quaternary nitrogens is 1. The average molecular weight is 746 g/mol. The van der Waals surface area contributed by atoms with Crippen LogP contribution in [0.2, 0.25) is 0 Å². The van der Waals surface area contributed by atoms with Crippen molar-refractivity contribution >= 4 is 19.8 Å². The lowest BCUT2D eigenvalue weighted by atomic mass is 10.0. The molecule has 0 spiro atoms. The van der Waals surface area contributed by atoms with E-state index < -0.39 is 26.5 Å². The van der Waals surface area contributed by atoms with E-state index in [0.717, 1.165) is 51.4 Å². The monoisotopic (exact) mass is 746 g/mol. The molecule has 10 heteroatoms. The summed E-state index contributed by atoms with van der Waals surface area (Å²) in [5.41, 5.74) is 0. The Morgan fingerprint density at radius 2 is 1.00 bits per heavy atom. The minimum atomic E-state index is -4.62. The lowest BCUT2D eigenvalue weighted by Gasteiger charge is -2.28. The topological polar surface area (TPSA) is 111 Å². The summed E-state index contributed by atoms with van der Waals surface area (Å²) >= 11 is 0. The molecule has 51 heavy (non-hydrogen) atoms. The second kappa shape index (κ2) is 34.5. The number of phosphoric ester groups is 1. The number of likely N-dealkylation sites (N-methyl/N-ethyl adjacent to an activating group) is 1. The van der Waals surface area contributed by atoms with Crippen molar-refractivity contribution in [2.24, 2.45) is 0 Å². The Labute approximate surface area is 314 Å². The Morgan fingerprint density at radius 1 is 0.588 bits per heavy atom. The van der Waals surface area contributed by atoms with Crippen molar-refractivity contribution in [2.75, 3.05) is 47.5 Å². The highest BCUT2D eigenvalue weighted by molar-refractivity contribution is 7.45. The van der Waals surface area contributed by atoms with Crippen LogP contribution in [0.1, 0.15) is 187 Å². The van der Waals surface area contributed by atoms with Gasteiger partial charge in [0.05, 0.1) is 27.7 Å². The van der Waals surface area contributed by atoms with Crippen LogP contribution < -0.4 is 4.89 Å². The number of hydrogen-bond acceptors (Lipinski definition) is 8. The fourth-order valence-electron chi connectivity index (χ4n) is 5.71. The van der Waals surface area contributed by atoms with Crippen molar-refractivity contribution in [3.8, 4) is 0 Å². The second-order valence-corrected chi connectivity index (χ2v) is 16.8. The average Bonchev–Trinajstić information content (AvgIpc) is 3.07. The summed E-state index contributed by atoms with van der Waals surface area (Å²) in [7, 11) is 1.17. The molecule has 1 unspecified atom stereocenters. The Hall–Kier alpha value is -1.25. The highest BCUT2D eigenvalue weighted by Gasteiger charge is 2.21. The van der Waals surface area contributed by atoms with Crippen molar-refractivity contribution in [1.29, 1.82) is 0 Å². The Kier molecular flexibility index (Phi) is 33.7. The maximum absolute atomic E-state index is 12.6. The molecular formula is C41H80NO8P. The van der Waals surface area contributed by atoms with E-state index in [1.807, 2.05) is 21.1 Å². The molecule has 0 radical (unpaired) electrons. The summed E-state index contributed by atoms with van der Waals surface area (Å²) in [5, 5.41) is 0. The lowest BCUT2D eigenvalue weighted by Crippen LogP contribution is -2.37. The minimum Gasteiger partial charge on any atom is -0.756 e. The number of hydrogen-bond donors (Lipinski definition) is 0. The molecule has 0 bridgehead atoms. The first-order valence-corrected chi connectivity index (χ1v) is 22.4. The summed E-state index contributed by atoms with van der Waals surface area (Å²) < 4.78 is 33.8. The van der Waals surface area contributed by atoms with Gasteiger partial charge in [-0.25, -0.2) is 0 Å². The SMILES string of the molecule is CCCCCC/C=C/CCCCCCCC(=O)O[C@H](COC(=O)CCCCCCCCCCCCCCCC)COP(=O)([O-])OCC[N+](C)(C)C. The molecule has 0 aliphatic carbocycles. The lowest BCUT2D eigenvalue weighted by molar-refractivity contribution is -0.870. The van der Waals surface area contributed by atoms with E-state index >= 15 is 0 Å². The van der Waals surface area contributed by atoms with Crippen LogP contribution in [0.4, 0.5) is 0 Å². The number of nitrogens with zero attached hydrogens (tertiary/aromatic N) is 1. The van der Waals surface area contributed by atoms with E-state index in [1.165, 1.54) is 103 Å². The van der Waals surface area contributed by atoms with Gasteiger partial charge in [0.2, 0.25) is 0 Å². The zero-order valence-corrected chi connectivity index (χ0v) is 34.7. The van der Waals surface area contributed by atoms with Gasteiger partial charge in [-0.2, -0.15) is 0 Å². The summed E-state index contributed by atoms with van der Waals surface area (Å²) in [6.45, 7) is 4.21. The molecule has 0 aliphatic heterocycles. The second-order valence-electron chi connectivity index (χ2n) is 15.4. The van der Waals surface area contributed by atoms with Crippen LogP contribution >= 0.6 is 7.82 Å². The van der Waals surface area contributed by atoms with Crippen molar-refractivity contribution < 1.29 is 42.1 Å². The number of esters is 2. The van der Waals surface area contributed by atoms with Crippen molar-refractivity contribution in [3.63, 3.8) is 0 Å². The van der Waals surface area contributed by atoms with Crippen molar-refractivity contribution in [1.82, 2.24) is 0 Å². The van der Waals surface area contributed by atoms with E-state index in [0.29, 0.717) is 17.4 Å². The number of phosphoric acid groups is 1. The van der Waals surface area contributed by atoms with Gasteiger partial charge in [-0.05, 0) is 38.5 Å². The smallest absolute Gasteiger partial charge is 0.306 e. The largest absolute Gasteiger partial charge is 0.756 e. The maximum atomic E-state index is 12.6. The summed E-state index contributed by atoms with van der Waals surface area (Å²) in [4.78, 5) is 37.4. The highest BCUT2D eigenvalue weighted by atomic mass is 31.2. The molecule has 0 N–H and O–H groups in total. The first-order valence-electron chi connectivity index (χ1n) is 20.9. The van der Waals surface area contributed by atoms with Gasteiger partial charge in [-0.3, -0.25) is 14.2 Å². The van der Waals surface area contributed by atoms with Crippen LogP contribution in [-0.2, 0) is 32.7 Å². The number of carbonyl (C=O) groups is 2. The summed E-state index contributed by atoms with van der Waals surface area (Å²) in [5.74, 6) is -0.838. The number of carbonyl (C=O) groups excluding carboxylic acids is 2. The van der Waals surface area contributed by atoms with Gasteiger partial charge in [0.15, 0.2) is 6.10 Å². The molecule has 0 heterocycles. The number of ether oxygens (including phenoxy) is 2. The molecule has 0 saturated heterocycles. The van der Waals surface area contributed by atoms with E-state index in [2.05, 4.69) is 26.0 Å². The predicted molar refractivity (Wildman–Crippen MR) is 208 cm³/mol. The third-order valence-electron chi connectivity index (χ3n) is 9.04. The highest BCUT2D eigenvalue weighted by Crippen LogP contribution is 2.38. The molecule has 0 aromatic heterocycles. The number of rotatable bonds is 38. The van der Waals surface area contributed by atoms with Gasteiger partial charge in [-0.15, -0.1) is 0 Å². The first-order chi connectivity index (χ1) is 24.5. The van der Waals surface area contributed by atoms with E-state index in [1.54, 1.807) is 0 Å². The van der Waals surface area contributed by atoms with Gasteiger partial charge in [0.1, 0.15) is 19.8 Å². The van der Waals surface area contributed by atoms with Crippen LogP contribution in [0.25, 0.3) is 0 Å². The summed E-state index contributed by atoms with van der Waals surface area (Å²) in [6.07, 6.45) is 33.7. The summed E-state index contributed by atoms with van der Waals surface area (Å²) in [6, 6.07) is 0. The fraction of sp³-hybridized carbons (Fsp3) is 0.902.